The lowest BCUT2D eigenvalue weighted by molar-refractivity contribution is -0.127. The standard InChI is InChI=1S/C18H11Cl2FN2O3S/c19-11-6-5-10(7-12(11)20)8-15-17(25)23(18(26)27-15)9-16(24)22-14-4-2-1-3-13(14)21/h1-8H,9H2,(H,22,24)/b15-8+. The van der Waals surface area contributed by atoms with Gasteiger partial charge in [-0.1, -0.05) is 41.4 Å². The SMILES string of the molecule is O=C(CN1C(=O)S/C(=C/c2ccc(Cl)c(Cl)c2)C1=O)Nc1ccccc1F. The van der Waals surface area contributed by atoms with Crippen LogP contribution in [0.3, 0.4) is 0 Å². The molecule has 3 rings (SSSR count). The highest BCUT2D eigenvalue weighted by atomic mass is 35.5. The monoisotopic (exact) mass is 424 g/mol. The van der Waals surface area contributed by atoms with Crippen molar-refractivity contribution in [2.24, 2.45) is 0 Å². The van der Waals surface area contributed by atoms with Gasteiger partial charge in [0.05, 0.1) is 20.6 Å². The smallest absolute Gasteiger partial charge is 0.294 e. The molecule has 9 heteroatoms. The van der Waals surface area contributed by atoms with E-state index in [9.17, 15) is 18.8 Å². The van der Waals surface area contributed by atoms with Crippen molar-refractivity contribution in [3.05, 3.63) is 68.8 Å². The molecule has 0 aromatic heterocycles. The van der Waals surface area contributed by atoms with Crippen molar-refractivity contribution < 1.29 is 18.8 Å². The number of hydrogen-bond acceptors (Lipinski definition) is 4. The number of nitrogens with zero attached hydrogens (tertiary/aromatic N) is 1. The number of halogens is 3. The molecular formula is C18H11Cl2FN2O3S. The number of nitrogens with one attached hydrogen (secondary N) is 1. The molecule has 1 N–H and O–H groups in total. The summed E-state index contributed by atoms with van der Waals surface area (Å²) < 4.78 is 13.6. The van der Waals surface area contributed by atoms with Gasteiger partial charge in [-0.2, -0.15) is 0 Å². The van der Waals surface area contributed by atoms with Gasteiger partial charge >= 0.3 is 0 Å². The zero-order valence-electron chi connectivity index (χ0n) is 13.5. The molecule has 5 nitrogen and oxygen atoms in total. The lowest BCUT2D eigenvalue weighted by atomic mass is 10.2. The average Bonchev–Trinajstić information content (AvgIpc) is 2.88. The van der Waals surface area contributed by atoms with Gasteiger partial charge in [0.15, 0.2) is 0 Å². The highest BCUT2D eigenvalue weighted by Gasteiger charge is 2.36. The molecule has 27 heavy (non-hydrogen) atoms. The first-order chi connectivity index (χ1) is 12.8. The number of hydrogen-bond donors (Lipinski definition) is 1. The topological polar surface area (TPSA) is 66.5 Å². The summed E-state index contributed by atoms with van der Waals surface area (Å²) in [6.07, 6.45) is 1.49. The summed E-state index contributed by atoms with van der Waals surface area (Å²) in [5.74, 6) is -1.91. The number of carbonyl (C=O) groups is 3. The third kappa shape index (κ3) is 4.50. The molecule has 0 unspecified atom stereocenters. The molecule has 1 heterocycles. The van der Waals surface area contributed by atoms with Gasteiger partial charge in [-0.3, -0.25) is 19.3 Å². The second kappa shape index (κ2) is 8.12. The summed E-state index contributed by atoms with van der Waals surface area (Å²) in [6.45, 7) is -0.516. The molecule has 0 radical (unpaired) electrons. The summed E-state index contributed by atoms with van der Waals surface area (Å²) in [7, 11) is 0. The molecule has 3 amide bonds. The molecule has 0 spiro atoms. The van der Waals surface area contributed by atoms with E-state index in [1.54, 1.807) is 24.3 Å². The van der Waals surface area contributed by atoms with Crippen molar-refractivity contribution in [2.45, 2.75) is 0 Å². The Morgan fingerprint density at radius 2 is 1.89 bits per heavy atom. The van der Waals surface area contributed by atoms with E-state index in [1.165, 1.54) is 24.3 Å². The van der Waals surface area contributed by atoms with Gasteiger partial charge in [0, 0.05) is 0 Å². The summed E-state index contributed by atoms with van der Waals surface area (Å²) in [4.78, 5) is 37.5. The number of carbonyl (C=O) groups excluding carboxylic acids is 3. The van der Waals surface area contributed by atoms with E-state index in [2.05, 4.69) is 5.32 Å². The third-order valence-electron chi connectivity index (χ3n) is 3.56. The van der Waals surface area contributed by atoms with Crippen molar-refractivity contribution in [3.8, 4) is 0 Å². The van der Waals surface area contributed by atoms with Crippen LogP contribution in [0.1, 0.15) is 5.56 Å². The lowest BCUT2D eigenvalue weighted by Crippen LogP contribution is -2.36. The van der Waals surface area contributed by atoms with E-state index >= 15 is 0 Å². The Kier molecular flexibility index (Phi) is 5.84. The zero-order chi connectivity index (χ0) is 19.6. The molecule has 1 saturated heterocycles. The largest absolute Gasteiger partial charge is 0.322 e. The Bertz CT molecular complexity index is 981. The molecule has 1 fully saturated rings. The number of rotatable bonds is 4. The minimum absolute atomic E-state index is 0.0270. The van der Waals surface area contributed by atoms with Crippen LogP contribution in [-0.2, 0) is 9.59 Å². The number of anilines is 1. The summed E-state index contributed by atoms with van der Waals surface area (Å²) in [5.41, 5.74) is 0.562. The van der Waals surface area contributed by atoms with Crippen LogP contribution in [-0.4, -0.2) is 28.5 Å². The van der Waals surface area contributed by atoms with E-state index < -0.39 is 29.4 Å². The Morgan fingerprint density at radius 3 is 2.59 bits per heavy atom. The zero-order valence-corrected chi connectivity index (χ0v) is 15.9. The van der Waals surface area contributed by atoms with Crippen LogP contribution in [0.4, 0.5) is 14.9 Å². The predicted octanol–water partition coefficient (Wildman–Crippen LogP) is 4.81. The lowest BCUT2D eigenvalue weighted by Gasteiger charge is -2.12. The van der Waals surface area contributed by atoms with Crippen molar-refractivity contribution >= 4 is 63.8 Å². The molecule has 0 saturated carbocycles. The molecule has 0 bridgehead atoms. The van der Waals surface area contributed by atoms with Crippen LogP contribution in [0.5, 0.6) is 0 Å². The van der Waals surface area contributed by atoms with E-state index in [-0.39, 0.29) is 10.6 Å². The summed E-state index contributed by atoms with van der Waals surface area (Å²) in [6, 6.07) is 10.4. The van der Waals surface area contributed by atoms with Gasteiger partial charge in [0.2, 0.25) is 5.91 Å². The van der Waals surface area contributed by atoms with Crippen molar-refractivity contribution in [2.75, 3.05) is 11.9 Å². The van der Waals surface area contributed by atoms with E-state index in [1.807, 2.05) is 0 Å². The molecule has 1 aliphatic heterocycles. The minimum atomic E-state index is -0.682. The fraction of sp³-hybridized carbons (Fsp3) is 0.0556. The molecule has 0 atom stereocenters. The number of para-hydroxylation sites is 1. The molecule has 1 aliphatic rings. The first-order valence-electron chi connectivity index (χ1n) is 7.60. The normalized spacial score (nSPS) is 15.5. The predicted molar refractivity (Wildman–Crippen MR) is 104 cm³/mol. The van der Waals surface area contributed by atoms with Crippen molar-refractivity contribution in [1.29, 1.82) is 0 Å². The molecule has 138 valence electrons. The van der Waals surface area contributed by atoms with Crippen LogP contribution in [0.2, 0.25) is 10.0 Å². The Hall–Kier alpha value is -2.35. The van der Waals surface area contributed by atoms with Gasteiger partial charge in [0.1, 0.15) is 12.4 Å². The van der Waals surface area contributed by atoms with Gasteiger partial charge in [-0.15, -0.1) is 0 Å². The molecule has 2 aromatic carbocycles. The number of imide groups is 1. The highest BCUT2D eigenvalue weighted by molar-refractivity contribution is 8.18. The average molecular weight is 425 g/mol. The van der Waals surface area contributed by atoms with Crippen LogP contribution in [0.25, 0.3) is 6.08 Å². The molecular weight excluding hydrogens is 414 g/mol. The third-order valence-corrected chi connectivity index (χ3v) is 5.21. The number of amides is 3. The maximum atomic E-state index is 13.6. The van der Waals surface area contributed by atoms with Crippen LogP contribution in [0, 0.1) is 5.82 Å². The van der Waals surface area contributed by atoms with E-state index in [0.717, 1.165) is 4.90 Å². The summed E-state index contributed by atoms with van der Waals surface area (Å²) >= 11 is 12.5. The quantitative estimate of drug-likeness (QED) is 0.715. The van der Waals surface area contributed by atoms with Crippen molar-refractivity contribution in [3.63, 3.8) is 0 Å². The van der Waals surface area contributed by atoms with Gasteiger partial charge in [-0.25, -0.2) is 4.39 Å². The van der Waals surface area contributed by atoms with Crippen LogP contribution >= 0.6 is 35.0 Å². The first-order valence-corrected chi connectivity index (χ1v) is 9.17. The van der Waals surface area contributed by atoms with Crippen LogP contribution < -0.4 is 5.32 Å². The maximum Gasteiger partial charge on any atom is 0.294 e. The van der Waals surface area contributed by atoms with E-state index in [0.29, 0.717) is 27.4 Å². The number of benzene rings is 2. The van der Waals surface area contributed by atoms with Crippen molar-refractivity contribution in [1.82, 2.24) is 4.90 Å². The van der Waals surface area contributed by atoms with Crippen LogP contribution in [0.15, 0.2) is 47.4 Å². The first kappa shape index (κ1) is 19.4. The fourth-order valence-electron chi connectivity index (χ4n) is 2.29. The Morgan fingerprint density at radius 1 is 1.15 bits per heavy atom. The van der Waals surface area contributed by atoms with E-state index in [4.69, 9.17) is 23.2 Å². The fourth-order valence-corrected chi connectivity index (χ4v) is 3.43. The molecule has 2 aromatic rings. The number of thioether (sulfide) groups is 1. The Labute approximate surface area is 168 Å². The highest BCUT2D eigenvalue weighted by Crippen LogP contribution is 2.33. The maximum absolute atomic E-state index is 13.6. The second-order valence-corrected chi connectivity index (χ2v) is 7.28. The molecule has 0 aliphatic carbocycles. The summed E-state index contributed by atoms with van der Waals surface area (Å²) in [5, 5.41) is 2.43. The van der Waals surface area contributed by atoms with Gasteiger partial charge in [-0.05, 0) is 47.7 Å². The minimum Gasteiger partial charge on any atom is -0.322 e. The Balaban J connectivity index is 1.72. The van der Waals surface area contributed by atoms with Gasteiger partial charge in [0.25, 0.3) is 11.1 Å². The second-order valence-electron chi connectivity index (χ2n) is 5.47. The van der Waals surface area contributed by atoms with Gasteiger partial charge < -0.3 is 5.32 Å².